The van der Waals surface area contributed by atoms with Gasteiger partial charge in [0.25, 0.3) is 0 Å². The van der Waals surface area contributed by atoms with Crippen LogP contribution in [-0.2, 0) is 14.3 Å². The van der Waals surface area contributed by atoms with Gasteiger partial charge in [-0.3, -0.25) is 0 Å². The fraction of sp³-hybridized carbons (Fsp3) is 0.917. The molecule has 4 heteroatoms. The van der Waals surface area contributed by atoms with Gasteiger partial charge < -0.3 is 14.6 Å². The summed E-state index contributed by atoms with van der Waals surface area (Å²) in [5.74, 6) is -0.359. The summed E-state index contributed by atoms with van der Waals surface area (Å²) in [6.07, 6.45) is 2.66. The number of methoxy groups -OCH3 is 1. The van der Waals surface area contributed by atoms with Gasteiger partial charge in [-0.2, -0.15) is 0 Å². The van der Waals surface area contributed by atoms with Crippen molar-refractivity contribution in [3.05, 3.63) is 0 Å². The number of hydrogen-bond acceptors (Lipinski definition) is 3. The zero-order chi connectivity index (χ0) is 12.4. The van der Waals surface area contributed by atoms with E-state index in [2.05, 4.69) is 0 Å². The van der Waals surface area contributed by atoms with Crippen molar-refractivity contribution in [2.75, 3.05) is 13.7 Å². The van der Waals surface area contributed by atoms with Crippen LogP contribution in [0.25, 0.3) is 0 Å². The summed E-state index contributed by atoms with van der Waals surface area (Å²) in [6, 6.07) is 0. The van der Waals surface area contributed by atoms with Crippen LogP contribution in [0.1, 0.15) is 40.0 Å². The molecule has 1 N–H and O–H groups in total. The zero-order valence-electron chi connectivity index (χ0n) is 10.6. The minimum absolute atomic E-state index is 0.346. The fourth-order valence-electron chi connectivity index (χ4n) is 1.66. The lowest BCUT2D eigenvalue weighted by atomic mass is 9.90. The second kappa shape index (κ2) is 4.72. The molecular weight excluding hydrogens is 208 g/mol. The molecule has 0 aromatic heterocycles. The summed E-state index contributed by atoms with van der Waals surface area (Å²) in [5, 5.41) is 9.24. The van der Waals surface area contributed by atoms with E-state index in [9.17, 15) is 9.90 Å². The maximum absolute atomic E-state index is 11.3. The first-order chi connectivity index (χ1) is 7.29. The largest absolute Gasteiger partial charge is 0.479 e. The molecule has 1 rings (SSSR count). The number of carboxylic acids is 1. The smallest absolute Gasteiger partial charge is 0.335 e. The lowest BCUT2D eigenvalue weighted by Gasteiger charge is -2.33. The Bertz CT molecular complexity index is 258. The Morgan fingerprint density at radius 2 is 1.94 bits per heavy atom. The minimum Gasteiger partial charge on any atom is -0.479 e. The molecule has 0 radical (unpaired) electrons. The van der Waals surface area contributed by atoms with Crippen LogP contribution in [0, 0.1) is 5.92 Å². The summed E-state index contributed by atoms with van der Waals surface area (Å²) in [7, 11) is 1.59. The third-order valence-corrected chi connectivity index (χ3v) is 3.10. The van der Waals surface area contributed by atoms with E-state index < -0.39 is 17.2 Å². The highest BCUT2D eigenvalue weighted by atomic mass is 16.5. The van der Waals surface area contributed by atoms with Crippen molar-refractivity contribution in [2.45, 2.75) is 51.2 Å². The summed E-state index contributed by atoms with van der Waals surface area (Å²) in [4.78, 5) is 11.3. The molecule has 0 amide bonds. The molecule has 94 valence electrons. The minimum atomic E-state index is -1.15. The molecule has 1 unspecified atom stereocenters. The Balaban J connectivity index is 2.58. The molecule has 4 nitrogen and oxygen atoms in total. The molecule has 0 bridgehead atoms. The predicted octanol–water partition coefficient (Wildman–Crippen LogP) is 2.07. The number of carboxylic acid groups (broad SMARTS) is 1. The Morgan fingerprint density at radius 3 is 2.31 bits per heavy atom. The van der Waals surface area contributed by atoms with Gasteiger partial charge >= 0.3 is 5.97 Å². The van der Waals surface area contributed by atoms with E-state index in [-0.39, 0.29) is 0 Å². The van der Waals surface area contributed by atoms with E-state index in [1.165, 1.54) is 0 Å². The van der Waals surface area contributed by atoms with Gasteiger partial charge in [0.05, 0.1) is 12.2 Å². The molecule has 16 heavy (non-hydrogen) atoms. The van der Waals surface area contributed by atoms with Gasteiger partial charge in [0.1, 0.15) is 0 Å². The molecule has 0 aromatic carbocycles. The van der Waals surface area contributed by atoms with E-state index in [0.717, 1.165) is 12.8 Å². The normalized spacial score (nSPS) is 20.5. The predicted molar refractivity (Wildman–Crippen MR) is 60.4 cm³/mol. The molecule has 1 aliphatic carbocycles. The standard InChI is InChI=1S/C12H22O4/c1-11(2,15-4)8-12(3,10(13)14)16-7-9-5-6-9/h9H,5-8H2,1-4H3,(H,13,14). The summed E-state index contributed by atoms with van der Waals surface area (Å²) >= 11 is 0. The van der Waals surface area contributed by atoms with E-state index in [0.29, 0.717) is 18.9 Å². The number of rotatable bonds is 7. The van der Waals surface area contributed by atoms with Crippen molar-refractivity contribution in [2.24, 2.45) is 5.92 Å². The zero-order valence-corrected chi connectivity index (χ0v) is 10.6. The SMILES string of the molecule is COC(C)(C)CC(C)(OCC1CC1)C(=O)O. The van der Waals surface area contributed by atoms with Crippen molar-refractivity contribution >= 4 is 5.97 Å². The van der Waals surface area contributed by atoms with E-state index >= 15 is 0 Å². The lowest BCUT2D eigenvalue weighted by molar-refractivity contribution is -0.173. The second-order valence-electron chi connectivity index (χ2n) is 5.43. The topological polar surface area (TPSA) is 55.8 Å². The highest BCUT2D eigenvalue weighted by Crippen LogP contribution is 2.33. The second-order valence-corrected chi connectivity index (χ2v) is 5.43. The first kappa shape index (κ1) is 13.5. The molecule has 1 fully saturated rings. The molecule has 1 atom stereocenters. The average molecular weight is 230 g/mol. The monoisotopic (exact) mass is 230 g/mol. The summed E-state index contributed by atoms with van der Waals surface area (Å²) in [5.41, 5.74) is -1.64. The van der Waals surface area contributed by atoms with Crippen LogP contribution >= 0.6 is 0 Å². The van der Waals surface area contributed by atoms with Crippen molar-refractivity contribution in [3.63, 3.8) is 0 Å². The quantitative estimate of drug-likeness (QED) is 0.727. The molecule has 0 heterocycles. The van der Waals surface area contributed by atoms with E-state index in [4.69, 9.17) is 9.47 Å². The van der Waals surface area contributed by atoms with Gasteiger partial charge in [-0.05, 0) is 39.5 Å². The van der Waals surface area contributed by atoms with Crippen molar-refractivity contribution in [1.82, 2.24) is 0 Å². The van der Waals surface area contributed by atoms with Crippen molar-refractivity contribution in [3.8, 4) is 0 Å². The Labute approximate surface area is 96.9 Å². The molecule has 0 aromatic rings. The lowest BCUT2D eigenvalue weighted by Crippen LogP contribution is -2.45. The maximum atomic E-state index is 11.3. The summed E-state index contributed by atoms with van der Waals surface area (Å²) in [6.45, 7) is 5.91. The van der Waals surface area contributed by atoms with Gasteiger partial charge in [0.2, 0.25) is 0 Å². The van der Waals surface area contributed by atoms with Gasteiger partial charge in [-0.15, -0.1) is 0 Å². The van der Waals surface area contributed by atoms with Gasteiger partial charge in [-0.1, -0.05) is 0 Å². The van der Waals surface area contributed by atoms with Crippen molar-refractivity contribution in [1.29, 1.82) is 0 Å². The van der Waals surface area contributed by atoms with Gasteiger partial charge in [0.15, 0.2) is 5.60 Å². The van der Waals surface area contributed by atoms with Crippen LogP contribution in [0.2, 0.25) is 0 Å². The Kier molecular flexibility index (Phi) is 3.97. The van der Waals surface area contributed by atoms with Crippen LogP contribution in [0.15, 0.2) is 0 Å². The molecule has 0 aliphatic heterocycles. The molecule has 1 aliphatic rings. The van der Waals surface area contributed by atoms with Crippen molar-refractivity contribution < 1.29 is 19.4 Å². The Hall–Kier alpha value is -0.610. The fourth-order valence-corrected chi connectivity index (χ4v) is 1.66. The molecular formula is C12H22O4. The molecule has 0 saturated heterocycles. The first-order valence-corrected chi connectivity index (χ1v) is 5.71. The number of carbonyl (C=O) groups is 1. The van der Waals surface area contributed by atoms with Crippen LogP contribution in [0.3, 0.4) is 0 Å². The number of ether oxygens (including phenoxy) is 2. The average Bonchev–Trinajstić information content (AvgIpc) is 2.97. The number of hydrogen-bond donors (Lipinski definition) is 1. The summed E-state index contributed by atoms with van der Waals surface area (Å²) < 4.78 is 10.8. The highest BCUT2D eigenvalue weighted by Gasteiger charge is 2.41. The van der Waals surface area contributed by atoms with Gasteiger partial charge in [-0.25, -0.2) is 4.79 Å². The first-order valence-electron chi connectivity index (χ1n) is 5.71. The highest BCUT2D eigenvalue weighted by molar-refractivity contribution is 5.77. The van der Waals surface area contributed by atoms with E-state index in [1.807, 2.05) is 13.8 Å². The maximum Gasteiger partial charge on any atom is 0.335 e. The number of aliphatic carboxylic acids is 1. The molecule has 1 saturated carbocycles. The van der Waals surface area contributed by atoms with E-state index in [1.54, 1.807) is 14.0 Å². The van der Waals surface area contributed by atoms with Crippen LogP contribution in [-0.4, -0.2) is 36.0 Å². The Morgan fingerprint density at radius 1 is 1.38 bits per heavy atom. The van der Waals surface area contributed by atoms with Crippen LogP contribution in [0.5, 0.6) is 0 Å². The van der Waals surface area contributed by atoms with Gasteiger partial charge in [0, 0.05) is 13.5 Å². The third kappa shape index (κ3) is 3.76. The van der Waals surface area contributed by atoms with Crippen LogP contribution < -0.4 is 0 Å². The molecule has 0 spiro atoms. The third-order valence-electron chi connectivity index (χ3n) is 3.10. The van der Waals surface area contributed by atoms with Crippen LogP contribution in [0.4, 0.5) is 0 Å².